The summed E-state index contributed by atoms with van der Waals surface area (Å²) < 4.78 is 1.69. The molecule has 88 valence electrons. The fraction of sp³-hybridized carbons (Fsp3) is 0.400. The zero-order valence-corrected chi connectivity index (χ0v) is 10.0. The number of anilines is 1. The van der Waals surface area contributed by atoms with Gasteiger partial charge in [-0.15, -0.1) is 0 Å². The zero-order chi connectivity index (χ0) is 11.9. The molecule has 6 nitrogen and oxygen atoms in total. The lowest BCUT2D eigenvalue weighted by molar-refractivity contribution is 0.795. The molecule has 17 heavy (non-hydrogen) atoms. The van der Waals surface area contributed by atoms with Crippen molar-refractivity contribution in [1.29, 1.82) is 0 Å². The molecular weight excluding hydrogens is 240 g/mol. The maximum atomic E-state index is 5.88. The lowest BCUT2D eigenvalue weighted by Gasteiger charge is -2.11. The van der Waals surface area contributed by atoms with Crippen molar-refractivity contribution in [2.24, 2.45) is 0 Å². The monoisotopic (exact) mass is 250 g/mol. The number of hydrogen-bond donors (Lipinski definition) is 1. The second kappa shape index (κ2) is 3.66. The van der Waals surface area contributed by atoms with E-state index in [9.17, 15) is 0 Å². The highest BCUT2D eigenvalue weighted by molar-refractivity contribution is 6.28. The molecule has 2 aromatic heterocycles. The van der Waals surface area contributed by atoms with Crippen LogP contribution in [0.5, 0.6) is 0 Å². The first-order valence-corrected chi connectivity index (χ1v) is 5.71. The maximum Gasteiger partial charge on any atom is 0.241 e. The average molecular weight is 251 g/mol. The minimum Gasteiger partial charge on any atom is -0.349 e. The summed E-state index contributed by atoms with van der Waals surface area (Å²) in [4.78, 5) is 16.4. The van der Waals surface area contributed by atoms with Crippen molar-refractivity contribution in [2.75, 3.05) is 5.32 Å². The second-order valence-corrected chi connectivity index (χ2v) is 4.72. The molecule has 1 aliphatic rings. The van der Waals surface area contributed by atoms with Crippen LogP contribution in [0.1, 0.15) is 19.8 Å². The van der Waals surface area contributed by atoms with Gasteiger partial charge in [-0.1, -0.05) is 0 Å². The smallest absolute Gasteiger partial charge is 0.241 e. The first kappa shape index (κ1) is 10.5. The summed E-state index contributed by atoms with van der Waals surface area (Å²) in [6, 6.07) is 0. The van der Waals surface area contributed by atoms with Crippen molar-refractivity contribution in [3.8, 4) is 5.95 Å². The molecule has 1 fully saturated rings. The fourth-order valence-corrected chi connectivity index (χ4v) is 1.63. The summed E-state index contributed by atoms with van der Waals surface area (Å²) in [7, 11) is 0. The minimum absolute atomic E-state index is 0.108. The molecule has 3 rings (SSSR count). The van der Waals surface area contributed by atoms with Gasteiger partial charge in [0.25, 0.3) is 0 Å². The Bertz CT molecular complexity index is 534. The van der Waals surface area contributed by atoms with E-state index in [0.29, 0.717) is 11.9 Å². The van der Waals surface area contributed by atoms with Crippen molar-refractivity contribution in [1.82, 2.24) is 24.5 Å². The Morgan fingerprint density at radius 2 is 2.18 bits per heavy atom. The van der Waals surface area contributed by atoms with Crippen LogP contribution >= 0.6 is 11.6 Å². The molecule has 0 radical (unpaired) electrons. The molecular formula is C10H11ClN6. The normalized spacial score (nSPS) is 16.8. The van der Waals surface area contributed by atoms with E-state index in [2.05, 4.69) is 32.2 Å². The molecule has 7 heteroatoms. The van der Waals surface area contributed by atoms with Crippen LogP contribution in [0, 0.1) is 0 Å². The molecule has 0 bridgehead atoms. The van der Waals surface area contributed by atoms with Crippen LogP contribution in [0.15, 0.2) is 18.7 Å². The van der Waals surface area contributed by atoms with E-state index in [0.717, 1.165) is 12.8 Å². The highest BCUT2D eigenvalue weighted by Crippen LogP contribution is 2.37. The van der Waals surface area contributed by atoms with E-state index in [-0.39, 0.29) is 10.8 Å². The number of nitrogens with one attached hydrogen (secondary N) is 1. The number of aromatic nitrogens is 5. The fourth-order valence-electron chi connectivity index (χ4n) is 1.47. The SMILES string of the molecule is CC1(Nc2nc(Cl)nc(-n3ccnc3)n2)CC1. The molecule has 0 saturated heterocycles. The Balaban J connectivity index is 1.95. The van der Waals surface area contributed by atoms with E-state index in [1.54, 1.807) is 23.3 Å². The number of hydrogen-bond acceptors (Lipinski definition) is 5. The Hall–Kier alpha value is -1.69. The molecule has 0 spiro atoms. The van der Waals surface area contributed by atoms with Gasteiger partial charge >= 0.3 is 0 Å². The average Bonchev–Trinajstić information content (AvgIpc) is 2.83. The summed E-state index contributed by atoms with van der Waals surface area (Å²) in [5.41, 5.74) is 0.108. The summed E-state index contributed by atoms with van der Waals surface area (Å²) in [6.45, 7) is 2.13. The molecule has 0 amide bonds. The minimum atomic E-state index is 0.108. The van der Waals surface area contributed by atoms with Gasteiger partial charge in [-0.05, 0) is 31.4 Å². The summed E-state index contributed by atoms with van der Waals surface area (Å²) in [5, 5.41) is 3.43. The number of halogens is 1. The summed E-state index contributed by atoms with van der Waals surface area (Å²) >= 11 is 5.88. The Labute approximate surface area is 103 Å². The van der Waals surface area contributed by atoms with E-state index in [4.69, 9.17) is 11.6 Å². The van der Waals surface area contributed by atoms with Gasteiger partial charge in [0.15, 0.2) is 0 Å². The quantitative estimate of drug-likeness (QED) is 0.898. The van der Waals surface area contributed by atoms with Crippen LogP contribution in [0.25, 0.3) is 5.95 Å². The maximum absolute atomic E-state index is 5.88. The standard InChI is InChI=1S/C10H11ClN6/c1-10(2-3-10)16-8-13-7(11)14-9(15-8)17-5-4-12-6-17/h4-6H,2-3H2,1H3,(H,13,14,15,16). The molecule has 1 aliphatic carbocycles. The van der Waals surface area contributed by atoms with E-state index in [1.807, 2.05) is 0 Å². The van der Waals surface area contributed by atoms with Gasteiger partial charge < -0.3 is 5.32 Å². The molecule has 0 aliphatic heterocycles. The van der Waals surface area contributed by atoms with Crippen LogP contribution < -0.4 is 5.32 Å². The largest absolute Gasteiger partial charge is 0.349 e. The molecule has 0 aromatic carbocycles. The summed E-state index contributed by atoms with van der Waals surface area (Å²) in [6.07, 6.45) is 7.28. The van der Waals surface area contributed by atoms with Gasteiger partial charge in [-0.25, -0.2) is 4.98 Å². The third-order valence-electron chi connectivity index (χ3n) is 2.75. The predicted molar refractivity (Wildman–Crippen MR) is 63.2 cm³/mol. The highest BCUT2D eigenvalue weighted by atomic mass is 35.5. The van der Waals surface area contributed by atoms with Gasteiger partial charge in [-0.3, -0.25) is 4.57 Å². The topological polar surface area (TPSA) is 68.5 Å². The molecule has 2 aromatic rings. The zero-order valence-electron chi connectivity index (χ0n) is 9.26. The van der Waals surface area contributed by atoms with E-state index >= 15 is 0 Å². The van der Waals surface area contributed by atoms with Crippen LogP contribution in [0.4, 0.5) is 5.95 Å². The van der Waals surface area contributed by atoms with Crippen molar-refractivity contribution in [3.63, 3.8) is 0 Å². The van der Waals surface area contributed by atoms with Gasteiger partial charge in [-0.2, -0.15) is 15.0 Å². The van der Waals surface area contributed by atoms with E-state index in [1.165, 1.54) is 0 Å². The molecule has 2 heterocycles. The van der Waals surface area contributed by atoms with Gasteiger partial charge in [0.05, 0.1) is 0 Å². The first-order chi connectivity index (χ1) is 8.15. The Kier molecular flexibility index (Phi) is 2.25. The predicted octanol–water partition coefficient (Wildman–Crippen LogP) is 1.68. The van der Waals surface area contributed by atoms with Crippen LogP contribution in [-0.4, -0.2) is 30.0 Å². The first-order valence-electron chi connectivity index (χ1n) is 5.33. The van der Waals surface area contributed by atoms with Crippen molar-refractivity contribution >= 4 is 17.5 Å². The Morgan fingerprint density at radius 1 is 1.35 bits per heavy atom. The lowest BCUT2D eigenvalue weighted by atomic mass is 10.3. The van der Waals surface area contributed by atoms with Crippen molar-refractivity contribution < 1.29 is 0 Å². The lowest BCUT2D eigenvalue weighted by Crippen LogP contribution is -2.19. The third kappa shape index (κ3) is 2.21. The van der Waals surface area contributed by atoms with Gasteiger partial charge in [0.1, 0.15) is 6.33 Å². The van der Waals surface area contributed by atoms with Crippen LogP contribution in [-0.2, 0) is 0 Å². The molecule has 0 unspecified atom stereocenters. The molecule has 1 saturated carbocycles. The molecule has 0 atom stereocenters. The highest BCUT2D eigenvalue weighted by Gasteiger charge is 2.38. The van der Waals surface area contributed by atoms with Crippen LogP contribution in [0.2, 0.25) is 5.28 Å². The third-order valence-corrected chi connectivity index (χ3v) is 2.91. The number of rotatable bonds is 3. The van der Waals surface area contributed by atoms with Crippen molar-refractivity contribution in [2.45, 2.75) is 25.3 Å². The van der Waals surface area contributed by atoms with Crippen LogP contribution in [0.3, 0.4) is 0 Å². The number of nitrogens with zero attached hydrogens (tertiary/aromatic N) is 5. The molecule has 1 N–H and O–H groups in total. The van der Waals surface area contributed by atoms with Gasteiger partial charge in [0.2, 0.25) is 17.2 Å². The van der Waals surface area contributed by atoms with E-state index < -0.39 is 0 Å². The second-order valence-electron chi connectivity index (χ2n) is 4.38. The number of imidazole rings is 1. The van der Waals surface area contributed by atoms with Gasteiger partial charge in [0, 0.05) is 17.9 Å². The Morgan fingerprint density at radius 3 is 2.82 bits per heavy atom. The summed E-state index contributed by atoms with van der Waals surface area (Å²) in [5.74, 6) is 0.975. The van der Waals surface area contributed by atoms with Crippen molar-refractivity contribution in [3.05, 3.63) is 24.0 Å².